The summed E-state index contributed by atoms with van der Waals surface area (Å²) in [6.07, 6.45) is 1.54. The molecule has 0 aliphatic rings. The van der Waals surface area contributed by atoms with E-state index in [1.54, 1.807) is 0 Å². The van der Waals surface area contributed by atoms with Gasteiger partial charge in [0.2, 0.25) is 0 Å². The molecule has 0 saturated carbocycles. The molecule has 0 aliphatic carbocycles. The van der Waals surface area contributed by atoms with Gasteiger partial charge in [0.1, 0.15) is 5.25 Å². The number of carboxylic acids is 2. The summed E-state index contributed by atoms with van der Waals surface area (Å²) in [7, 11) is 0. The first-order valence-corrected chi connectivity index (χ1v) is 9.49. The van der Waals surface area contributed by atoms with Crippen molar-refractivity contribution >= 4 is 23.7 Å². The van der Waals surface area contributed by atoms with Crippen molar-refractivity contribution in [1.82, 2.24) is 0 Å². The molecule has 25 heavy (non-hydrogen) atoms. The maximum absolute atomic E-state index is 11.0. The van der Waals surface area contributed by atoms with Crippen LogP contribution in [0.1, 0.15) is 53.4 Å². The number of hydrogen-bond acceptors (Lipinski definition) is 6. The molecule has 3 N–H and O–H groups in total. The quantitative estimate of drug-likeness (QED) is 0.371. The third kappa shape index (κ3) is 13.1. The van der Waals surface area contributed by atoms with E-state index in [0.717, 1.165) is 11.8 Å². The largest absolute Gasteiger partial charge is 0.481 e. The topological polar surface area (TPSA) is 113 Å². The van der Waals surface area contributed by atoms with Gasteiger partial charge in [-0.15, -0.1) is 11.8 Å². The van der Waals surface area contributed by atoms with E-state index < -0.39 is 17.2 Å². The first kappa shape index (κ1) is 24.2. The van der Waals surface area contributed by atoms with Crippen molar-refractivity contribution in [2.24, 2.45) is 0 Å². The van der Waals surface area contributed by atoms with Gasteiger partial charge in [-0.3, -0.25) is 9.59 Å². The van der Waals surface area contributed by atoms with Crippen molar-refractivity contribution < 1.29 is 34.4 Å². The Morgan fingerprint density at radius 3 is 2.08 bits per heavy atom. The average Bonchev–Trinajstić information content (AvgIpc) is 2.44. The van der Waals surface area contributed by atoms with Crippen molar-refractivity contribution in [1.29, 1.82) is 0 Å². The Balaban J connectivity index is 3.98. The van der Waals surface area contributed by atoms with Crippen LogP contribution in [0.25, 0.3) is 0 Å². The Labute approximate surface area is 154 Å². The summed E-state index contributed by atoms with van der Waals surface area (Å²) in [5, 5.41) is 25.7. The zero-order chi connectivity index (χ0) is 19.5. The normalized spacial score (nSPS) is 13.6. The Kier molecular flexibility index (Phi) is 11.3. The van der Waals surface area contributed by atoms with E-state index >= 15 is 0 Å². The second-order valence-corrected chi connectivity index (χ2v) is 8.40. The number of ether oxygens (including phenoxy) is 2. The fourth-order valence-corrected chi connectivity index (χ4v) is 2.97. The second kappa shape index (κ2) is 11.7. The smallest absolute Gasteiger partial charge is 0.317 e. The molecular weight excluding hydrogens is 348 g/mol. The molecule has 0 heterocycles. The van der Waals surface area contributed by atoms with E-state index in [4.69, 9.17) is 24.8 Å². The fourth-order valence-electron chi connectivity index (χ4n) is 2.00. The van der Waals surface area contributed by atoms with Gasteiger partial charge in [0.05, 0.1) is 24.2 Å². The molecule has 0 radical (unpaired) electrons. The predicted octanol–water partition coefficient (Wildman–Crippen LogP) is 2.40. The molecule has 0 spiro atoms. The molecule has 148 valence electrons. The summed E-state index contributed by atoms with van der Waals surface area (Å²) in [6.45, 7) is 8.88. The summed E-state index contributed by atoms with van der Waals surface area (Å²) in [4.78, 5) is 21.6. The van der Waals surface area contributed by atoms with E-state index in [1.807, 2.05) is 27.7 Å². The molecule has 0 aromatic heterocycles. The number of hydrogen-bond donors (Lipinski definition) is 3. The van der Waals surface area contributed by atoms with Gasteiger partial charge in [-0.2, -0.15) is 0 Å². The molecule has 8 heteroatoms. The zero-order valence-corrected chi connectivity index (χ0v) is 16.4. The second-order valence-electron chi connectivity index (χ2n) is 7.09. The highest BCUT2D eigenvalue weighted by atomic mass is 32.2. The minimum absolute atomic E-state index is 0.0871. The maximum atomic E-state index is 11.0. The van der Waals surface area contributed by atoms with E-state index in [1.165, 1.54) is 0 Å². The third-order valence-electron chi connectivity index (χ3n) is 3.65. The first-order valence-electron chi connectivity index (χ1n) is 8.44. The highest BCUT2D eigenvalue weighted by molar-refractivity contribution is 8.00. The van der Waals surface area contributed by atoms with Gasteiger partial charge in [-0.05, 0) is 52.7 Å². The van der Waals surface area contributed by atoms with Crippen LogP contribution >= 0.6 is 11.8 Å². The predicted molar refractivity (Wildman–Crippen MR) is 97.1 cm³/mol. The summed E-state index contributed by atoms with van der Waals surface area (Å²) in [5.74, 6) is -1.68. The maximum Gasteiger partial charge on any atom is 0.317 e. The van der Waals surface area contributed by atoms with Crippen LogP contribution in [-0.4, -0.2) is 69.3 Å². The minimum Gasteiger partial charge on any atom is -0.481 e. The molecule has 0 saturated heterocycles. The summed E-state index contributed by atoms with van der Waals surface area (Å²) in [6, 6.07) is 0. The standard InChI is InChI=1S/C17H32O7S/c1-16(2,6-8-18)24-10-7-17(3,4)23-9-5-11-25-13(15(21)22)12-14(19)20/h13,18H,5-12H2,1-4H3,(H,19,20)(H,21,22). The van der Waals surface area contributed by atoms with Crippen molar-refractivity contribution in [3.63, 3.8) is 0 Å². The van der Waals surface area contributed by atoms with Crippen LogP contribution in [0.5, 0.6) is 0 Å². The van der Waals surface area contributed by atoms with Gasteiger partial charge >= 0.3 is 11.9 Å². The first-order chi connectivity index (χ1) is 11.5. The Morgan fingerprint density at radius 1 is 1.00 bits per heavy atom. The van der Waals surface area contributed by atoms with E-state index in [-0.39, 0.29) is 24.2 Å². The molecule has 0 fully saturated rings. The Bertz CT molecular complexity index is 410. The molecule has 0 amide bonds. The van der Waals surface area contributed by atoms with Gasteiger partial charge in [-0.25, -0.2) is 0 Å². The number of aliphatic carboxylic acids is 2. The van der Waals surface area contributed by atoms with Crippen LogP contribution < -0.4 is 0 Å². The Morgan fingerprint density at radius 2 is 1.56 bits per heavy atom. The summed E-state index contributed by atoms with van der Waals surface area (Å²) >= 11 is 1.13. The van der Waals surface area contributed by atoms with Crippen LogP contribution in [0.3, 0.4) is 0 Å². The lowest BCUT2D eigenvalue weighted by molar-refractivity contribution is -0.142. The number of carboxylic acid groups (broad SMARTS) is 2. The fraction of sp³-hybridized carbons (Fsp3) is 0.882. The third-order valence-corrected chi connectivity index (χ3v) is 4.94. The number of carbonyl (C=O) groups is 2. The number of aliphatic hydroxyl groups is 1. The van der Waals surface area contributed by atoms with Crippen LogP contribution in [-0.2, 0) is 19.1 Å². The lowest BCUT2D eigenvalue weighted by Gasteiger charge is -2.29. The SMILES string of the molecule is CC(C)(CCO)OCCC(C)(C)OCCCSC(CC(=O)O)C(=O)O. The van der Waals surface area contributed by atoms with E-state index in [2.05, 4.69) is 0 Å². The molecule has 7 nitrogen and oxygen atoms in total. The highest BCUT2D eigenvalue weighted by Crippen LogP contribution is 2.21. The molecule has 0 aromatic carbocycles. The molecule has 0 bridgehead atoms. The molecule has 0 aromatic rings. The lowest BCUT2D eigenvalue weighted by atomic mass is 10.0. The van der Waals surface area contributed by atoms with Crippen LogP contribution in [0.4, 0.5) is 0 Å². The number of rotatable bonds is 15. The van der Waals surface area contributed by atoms with E-state index in [9.17, 15) is 9.59 Å². The minimum atomic E-state index is -1.11. The van der Waals surface area contributed by atoms with Gasteiger partial charge in [0.15, 0.2) is 0 Å². The van der Waals surface area contributed by atoms with Gasteiger partial charge in [-0.1, -0.05) is 0 Å². The molecule has 1 atom stereocenters. The Hall–Kier alpha value is -0.830. The van der Waals surface area contributed by atoms with Crippen molar-refractivity contribution in [3.8, 4) is 0 Å². The van der Waals surface area contributed by atoms with Gasteiger partial charge < -0.3 is 24.8 Å². The van der Waals surface area contributed by atoms with E-state index in [0.29, 0.717) is 38.2 Å². The van der Waals surface area contributed by atoms with Crippen molar-refractivity contribution in [2.45, 2.75) is 69.8 Å². The average molecular weight is 381 g/mol. The molecule has 0 aliphatic heterocycles. The zero-order valence-electron chi connectivity index (χ0n) is 15.6. The van der Waals surface area contributed by atoms with Crippen LogP contribution in [0, 0.1) is 0 Å². The van der Waals surface area contributed by atoms with Crippen LogP contribution in [0.15, 0.2) is 0 Å². The van der Waals surface area contributed by atoms with Gasteiger partial charge in [0.25, 0.3) is 0 Å². The molecule has 1 unspecified atom stereocenters. The van der Waals surface area contributed by atoms with Crippen molar-refractivity contribution in [2.75, 3.05) is 25.6 Å². The van der Waals surface area contributed by atoms with Gasteiger partial charge in [0, 0.05) is 13.2 Å². The lowest BCUT2D eigenvalue weighted by Crippen LogP contribution is -2.31. The highest BCUT2D eigenvalue weighted by Gasteiger charge is 2.23. The molecule has 0 rings (SSSR count). The molecular formula is C17H32O7S. The van der Waals surface area contributed by atoms with Crippen molar-refractivity contribution in [3.05, 3.63) is 0 Å². The number of thioether (sulfide) groups is 1. The monoisotopic (exact) mass is 380 g/mol. The number of aliphatic hydroxyl groups excluding tert-OH is 1. The summed E-state index contributed by atoms with van der Waals surface area (Å²) in [5.41, 5.74) is -0.731. The van der Waals surface area contributed by atoms with Crippen LogP contribution in [0.2, 0.25) is 0 Å². The summed E-state index contributed by atoms with van der Waals surface area (Å²) < 4.78 is 11.6.